The first-order valence-corrected chi connectivity index (χ1v) is 7.10. The van der Waals surface area contributed by atoms with Crippen molar-refractivity contribution in [2.45, 2.75) is 38.4 Å². The van der Waals surface area contributed by atoms with Crippen LogP contribution in [0.5, 0.6) is 0 Å². The van der Waals surface area contributed by atoms with E-state index < -0.39 is 11.7 Å². The van der Waals surface area contributed by atoms with Crippen LogP contribution >= 0.6 is 23.2 Å². The number of hydrogen-bond donors (Lipinski definition) is 0. The van der Waals surface area contributed by atoms with Crippen molar-refractivity contribution in [2.75, 3.05) is 6.61 Å². The molecule has 1 heterocycles. The number of carbonyl (C=O) groups excluding carboxylic acids is 1. The molecule has 1 aliphatic heterocycles. The molecule has 1 fully saturated rings. The van der Waals surface area contributed by atoms with Crippen LogP contribution < -0.4 is 0 Å². The number of halogens is 2. The second-order valence-corrected chi connectivity index (χ2v) is 5.36. The van der Waals surface area contributed by atoms with Gasteiger partial charge in [-0.1, -0.05) is 42.6 Å². The number of hydrogen-bond acceptors (Lipinski definition) is 3. The normalized spacial score (nSPS) is 25.2. The molecule has 1 aromatic rings. The maximum Gasteiger partial charge on any atom is 0.338 e. The molecule has 19 heavy (non-hydrogen) atoms. The number of ether oxygens (including phenoxy) is 2. The fraction of sp³-hybridized carbons (Fsp3) is 0.500. The molecule has 0 saturated carbocycles. The fourth-order valence-corrected chi connectivity index (χ4v) is 2.93. The highest BCUT2D eigenvalue weighted by atomic mass is 35.5. The molecule has 1 aliphatic rings. The second kappa shape index (κ2) is 5.70. The third-order valence-corrected chi connectivity index (χ3v) is 3.75. The standard InChI is InChI=1S/C14H16Cl2O3/c1-3-7-14(12(19-14)13(17)18-4-2)10-6-5-9(15)8-11(10)16/h5-6,8,12H,3-4,7H2,1-2H3. The molecule has 2 unspecified atom stereocenters. The molecule has 0 bridgehead atoms. The van der Waals surface area contributed by atoms with E-state index in [1.165, 1.54) is 0 Å². The van der Waals surface area contributed by atoms with Gasteiger partial charge in [0.15, 0.2) is 6.10 Å². The Morgan fingerprint density at radius 1 is 1.42 bits per heavy atom. The highest BCUT2D eigenvalue weighted by molar-refractivity contribution is 6.35. The Labute approximate surface area is 122 Å². The second-order valence-electron chi connectivity index (χ2n) is 4.51. The molecule has 2 atom stereocenters. The first-order valence-electron chi connectivity index (χ1n) is 6.35. The van der Waals surface area contributed by atoms with Crippen molar-refractivity contribution in [1.82, 2.24) is 0 Å². The van der Waals surface area contributed by atoms with Crippen LogP contribution in [-0.4, -0.2) is 18.7 Å². The maximum absolute atomic E-state index is 11.8. The summed E-state index contributed by atoms with van der Waals surface area (Å²) in [5.41, 5.74) is 0.154. The summed E-state index contributed by atoms with van der Waals surface area (Å²) in [6.45, 7) is 4.15. The van der Waals surface area contributed by atoms with E-state index in [-0.39, 0.29) is 5.97 Å². The van der Waals surface area contributed by atoms with Crippen molar-refractivity contribution in [3.63, 3.8) is 0 Å². The van der Waals surface area contributed by atoms with Gasteiger partial charge in [0.2, 0.25) is 0 Å². The smallest absolute Gasteiger partial charge is 0.338 e. The van der Waals surface area contributed by atoms with Gasteiger partial charge in [0, 0.05) is 15.6 Å². The SMILES string of the molecule is CCCC1(c2ccc(Cl)cc2Cl)OC1C(=O)OCC. The number of carbonyl (C=O) groups is 1. The van der Waals surface area contributed by atoms with Crippen molar-refractivity contribution < 1.29 is 14.3 Å². The number of benzene rings is 1. The summed E-state index contributed by atoms with van der Waals surface area (Å²) in [5, 5.41) is 1.08. The molecule has 0 radical (unpaired) electrons. The quantitative estimate of drug-likeness (QED) is 0.610. The molecule has 0 aliphatic carbocycles. The summed E-state index contributed by atoms with van der Waals surface area (Å²) in [6, 6.07) is 5.24. The van der Waals surface area contributed by atoms with Gasteiger partial charge in [0.05, 0.1) is 6.61 Å². The summed E-state index contributed by atoms with van der Waals surface area (Å²) < 4.78 is 10.7. The summed E-state index contributed by atoms with van der Waals surface area (Å²) in [6.07, 6.45) is 1.04. The Bertz CT molecular complexity index is 490. The molecule has 0 amide bonds. The van der Waals surface area contributed by atoms with E-state index in [2.05, 4.69) is 0 Å². The van der Waals surface area contributed by atoms with Crippen molar-refractivity contribution >= 4 is 29.2 Å². The van der Waals surface area contributed by atoms with E-state index in [1.54, 1.807) is 19.1 Å². The Hall–Kier alpha value is -0.770. The van der Waals surface area contributed by atoms with Crippen LogP contribution in [0, 0.1) is 0 Å². The molecular formula is C14H16Cl2O3. The largest absolute Gasteiger partial charge is 0.464 e. The van der Waals surface area contributed by atoms with Crippen molar-refractivity contribution in [3.8, 4) is 0 Å². The van der Waals surface area contributed by atoms with Crippen LogP contribution in [0.4, 0.5) is 0 Å². The Kier molecular flexibility index (Phi) is 4.39. The molecule has 0 N–H and O–H groups in total. The zero-order chi connectivity index (χ0) is 14.0. The monoisotopic (exact) mass is 302 g/mol. The lowest BCUT2D eigenvalue weighted by Gasteiger charge is -2.14. The van der Waals surface area contributed by atoms with Gasteiger partial charge >= 0.3 is 5.97 Å². The summed E-state index contributed by atoms with van der Waals surface area (Å²) in [5.74, 6) is -0.332. The molecule has 2 rings (SSSR count). The minimum absolute atomic E-state index is 0.332. The van der Waals surface area contributed by atoms with E-state index in [4.69, 9.17) is 32.7 Å². The van der Waals surface area contributed by atoms with Gasteiger partial charge in [-0.3, -0.25) is 0 Å². The average Bonchev–Trinajstić information content (AvgIpc) is 3.05. The predicted molar refractivity (Wildman–Crippen MR) is 74.6 cm³/mol. The zero-order valence-electron chi connectivity index (χ0n) is 10.9. The van der Waals surface area contributed by atoms with Crippen LogP contribution in [0.15, 0.2) is 18.2 Å². The number of epoxide rings is 1. The topological polar surface area (TPSA) is 38.8 Å². The molecule has 104 valence electrons. The lowest BCUT2D eigenvalue weighted by molar-refractivity contribution is -0.144. The van der Waals surface area contributed by atoms with Crippen molar-refractivity contribution in [1.29, 1.82) is 0 Å². The molecular weight excluding hydrogens is 287 g/mol. The van der Waals surface area contributed by atoms with Gasteiger partial charge in [0.1, 0.15) is 5.60 Å². The first-order chi connectivity index (χ1) is 9.05. The van der Waals surface area contributed by atoms with E-state index in [0.717, 1.165) is 18.4 Å². The van der Waals surface area contributed by atoms with Crippen LogP contribution in [-0.2, 0) is 19.9 Å². The highest BCUT2D eigenvalue weighted by Crippen LogP contribution is 2.52. The van der Waals surface area contributed by atoms with Gasteiger partial charge < -0.3 is 9.47 Å². The fourth-order valence-electron chi connectivity index (χ4n) is 2.37. The van der Waals surface area contributed by atoms with E-state index >= 15 is 0 Å². The molecule has 5 heteroatoms. The lowest BCUT2D eigenvalue weighted by atomic mass is 9.91. The number of rotatable bonds is 5. The van der Waals surface area contributed by atoms with Crippen molar-refractivity contribution in [3.05, 3.63) is 33.8 Å². The van der Waals surface area contributed by atoms with Crippen molar-refractivity contribution in [2.24, 2.45) is 0 Å². The Morgan fingerprint density at radius 3 is 2.74 bits per heavy atom. The average molecular weight is 303 g/mol. The van der Waals surface area contributed by atoms with Gasteiger partial charge in [-0.05, 0) is 25.5 Å². The first kappa shape index (κ1) is 14.6. The van der Waals surface area contributed by atoms with E-state index in [1.807, 2.05) is 13.0 Å². The van der Waals surface area contributed by atoms with Gasteiger partial charge in [-0.25, -0.2) is 4.79 Å². The van der Waals surface area contributed by atoms with E-state index in [0.29, 0.717) is 16.7 Å². The summed E-state index contributed by atoms with van der Waals surface area (Å²) in [7, 11) is 0. The third-order valence-electron chi connectivity index (χ3n) is 3.20. The van der Waals surface area contributed by atoms with E-state index in [9.17, 15) is 4.79 Å². The Balaban J connectivity index is 2.29. The van der Waals surface area contributed by atoms with Gasteiger partial charge in [-0.15, -0.1) is 0 Å². The minimum Gasteiger partial charge on any atom is -0.464 e. The van der Waals surface area contributed by atoms with Crippen LogP contribution in [0.1, 0.15) is 32.3 Å². The summed E-state index contributed by atoms with van der Waals surface area (Å²) >= 11 is 12.1. The zero-order valence-corrected chi connectivity index (χ0v) is 12.4. The van der Waals surface area contributed by atoms with Crippen LogP contribution in [0.25, 0.3) is 0 Å². The summed E-state index contributed by atoms with van der Waals surface area (Å²) in [4.78, 5) is 11.8. The highest BCUT2D eigenvalue weighted by Gasteiger charge is 2.62. The Morgan fingerprint density at radius 2 is 2.16 bits per heavy atom. The lowest BCUT2D eigenvalue weighted by Crippen LogP contribution is -2.21. The molecule has 0 spiro atoms. The van der Waals surface area contributed by atoms with Gasteiger partial charge in [-0.2, -0.15) is 0 Å². The van der Waals surface area contributed by atoms with Crippen LogP contribution in [0.2, 0.25) is 10.0 Å². The molecule has 1 aromatic carbocycles. The predicted octanol–water partition coefficient (Wildman–Crippen LogP) is 3.95. The molecule has 1 saturated heterocycles. The maximum atomic E-state index is 11.8. The minimum atomic E-state index is -0.650. The number of esters is 1. The van der Waals surface area contributed by atoms with Crippen LogP contribution in [0.3, 0.4) is 0 Å². The third kappa shape index (κ3) is 2.73. The van der Waals surface area contributed by atoms with Gasteiger partial charge in [0.25, 0.3) is 0 Å². The molecule has 3 nitrogen and oxygen atoms in total. The molecule has 0 aromatic heterocycles.